The normalized spacial score (nSPS) is 24.9. The largest absolute Gasteiger partial charge is 0.480 e. The van der Waals surface area contributed by atoms with Crippen LogP contribution in [0.3, 0.4) is 0 Å². The number of urea groups is 1. The fraction of sp³-hybridized carbons (Fsp3) is 0.846. The van der Waals surface area contributed by atoms with Gasteiger partial charge in [0.05, 0.1) is 12.6 Å². The Labute approximate surface area is 114 Å². The predicted octanol–water partition coefficient (Wildman–Crippen LogP) is 1.31. The van der Waals surface area contributed by atoms with Crippen molar-refractivity contribution < 1.29 is 19.4 Å². The number of hydrogen-bond acceptors (Lipinski definition) is 3. The second-order valence-corrected chi connectivity index (χ2v) is 5.15. The molecule has 110 valence electrons. The smallest absolute Gasteiger partial charge is 0.326 e. The van der Waals surface area contributed by atoms with Crippen molar-refractivity contribution in [2.75, 3.05) is 20.3 Å². The summed E-state index contributed by atoms with van der Waals surface area (Å²) in [4.78, 5) is 24.8. The number of piperidine rings is 1. The van der Waals surface area contributed by atoms with Gasteiger partial charge in [-0.05, 0) is 25.7 Å². The fourth-order valence-electron chi connectivity index (χ4n) is 2.47. The van der Waals surface area contributed by atoms with Gasteiger partial charge in [-0.15, -0.1) is 0 Å². The molecule has 6 heteroatoms. The van der Waals surface area contributed by atoms with Crippen molar-refractivity contribution in [1.29, 1.82) is 0 Å². The standard InChI is InChI=1S/C13H24N2O4/c1-4-10-5-6-15(11(7-10)12(16)17)13(18)14-9(2)8-19-3/h9-11H,4-8H2,1-3H3,(H,14,18)(H,16,17). The quantitative estimate of drug-likeness (QED) is 0.791. The van der Waals surface area contributed by atoms with Gasteiger partial charge in [-0.25, -0.2) is 9.59 Å². The zero-order chi connectivity index (χ0) is 14.4. The van der Waals surface area contributed by atoms with Crippen LogP contribution >= 0.6 is 0 Å². The van der Waals surface area contributed by atoms with Crippen LogP contribution in [0.15, 0.2) is 0 Å². The number of hydrogen-bond donors (Lipinski definition) is 2. The van der Waals surface area contributed by atoms with Gasteiger partial charge in [0.15, 0.2) is 0 Å². The molecular formula is C13H24N2O4. The Balaban J connectivity index is 2.63. The summed E-state index contributed by atoms with van der Waals surface area (Å²) >= 11 is 0. The van der Waals surface area contributed by atoms with Crippen LogP contribution in [0.5, 0.6) is 0 Å². The number of aliphatic carboxylic acids is 1. The van der Waals surface area contributed by atoms with E-state index in [9.17, 15) is 14.7 Å². The van der Waals surface area contributed by atoms with Gasteiger partial charge in [-0.1, -0.05) is 13.3 Å². The predicted molar refractivity (Wildman–Crippen MR) is 71.0 cm³/mol. The van der Waals surface area contributed by atoms with E-state index in [-0.39, 0.29) is 12.1 Å². The Hall–Kier alpha value is -1.30. The van der Waals surface area contributed by atoms with Gasteiger partial charge < -0.3 is 20.1 Å². The number of carboxylic acids is 1. The summed E-state index contributed by atoms with van der Waals surface area (Å²) in [5, 5.41) is 12.0. The second kappa shape index (κ2) is 7.33. The summed E-state index contributed by atoms with van der Waals surface area (Å²) in [6.07, 6.45) is 2.36. The van der Waals surface area contributed by atoms with Crippen LogP contribution in [0.1, 0.15) is 33.1 Å². The summed E-state index contributed by atoms with van der Waals surface area (Å²) in [5.74, 6) is -0.533. The number of likely N-dealkylation sites (tertiary alicyclic amines) is 1. The van der Waals surface area contributed by atoms with Crippen molar-refractivity contribution in [2.45, 2.75) is 45.2 Å². The lowest BCUT2D eigenvalue weighted by Gasteiger charge is -2.37. The maximum Gasteiger partial charge on any atom is 0.326 e. The molecule has 3 unspecified atom stereocenters. The Morgan fingerprint density at radius 1 is 1.53 bits per heavy atom. The molecular weight excluding hydrogens is 248 g/mol. The molecule has 19 heavy (non-hydrogen) atoms. The molecule has 2 amide bonds. The summed E-state index contributed by atoms with van der Waals surface area (Å²) in [7, 11) is 1.56. The van der Waals surface area contributed by atoms with E-state index in [1.807, 2.05) is 6.92 Å². The zero-order valence-electron chi connectivity index (χ0n) is 11.9. The first-order chi connectivity index (χ1) is 8.99. The van der Waals surface area contributed by atoms with Crippen LogP contribution in [-0.4, -0.2) is 54.4 Å². The molecule has 6 nitrogen and oxygen atoms in total. The van der Waals surface area contributed by atoms with Crippen molar-refractivity contribution in [2.24, 2.45) is 5.92 Å². The van der Waals surface area contributed by atoms with Crippen LogP contribution in [0, 0.1) is 5.92 Å². The minimum absolute atomic E-state index is 0.129. The Kier molecular flexibility index (Phi) is 6.08. The minimum Gasteiger partial charge on any atom is -0.480 e. The van der Waals surface area contributed by atoms with Gasteiger partial charge >= 0.3 is 12.0 Å². The van der Waals surface area contributed by atoms with Crippen LogP contribution in [-0.2, 0) is 9.53 Å². The molecule has 1 saturated heterocycles. The van der Waals surface area contributed by atoms with Gasteiger partial charge in [0.2, 0.25) is 0 Å². The molecule has 0 bridgehead atoms. The molecule has 2 N–H and O–H groups in total. The highest BCUT2D eigenvalue weighted by atomic mass is 16.5. The van der Waals surface area contributed by atoms with Crippen LogP contribution < -0.4 is 5.32 Å². The van der Waals surface area contributed by atoms with Gasteiger partial charge in [-0.3, -0.25) is 0 Å². The molecule has 1 aliphatic heterocycles. The number of methoxy groups -OCH3 is 1. The highest BCUT2D eigenvalue weighted by Gasteiger charge is 2.35. The molecule has 1 rings (SSSR count). The van der Waals surface area contributed by atoms with Crippen molar-refractivity contribution in [1.82, 2.24) is 10.2 Å². The van der Waals surface area contributed by atoms with Gasteiger partial charge in [-0.2, -0.15) is 0 Å². The maximum atomic E-state index is 12.1. The highest BCUT2D eigenvalue weighted by molar-refractivity contribution is 5.83. The van der Waals surface area contributed by atoms with E-state index >= 15 is 0 Å². The Bertz CT molecular complexity index is 322. The topological polar surface area (TPSA) is 78.9 Å². The van der Waals surface area contributed by atoms with Crippen molar-refractivity contribution in [3.63, 3.8) is 0 Å². The first kappa shape index (κ1) is 15.8. The second-order valence-electron chi connectivity index (χ2n) is 5.15. The summed E-state index contributed by atoms with van der Waals surface area (Å²) in [5.41, 5.74) is 0. The number of amides is 2. The third kappa shape index (κ3) is 4.38. The van der Waals surface area contributed by atoms with Crippen molar-refractivity contribution in [3.8, 4) is 0 Å². The molecule has 1 aliphatic rings. The molecule has 1 fully saturated rings. The van der Waals surface area contributed by atoms with E-state index in [0.717, 1.165) is 12.8 Å². The van der Waals surface area contributed by atoms with Crippen LogP contribution in [0.25, 0.3) is 0 Å². The SMILES string of the molecule is CCC1CCN(C(=O)NC(C)COC)C(C(=O)O)C1. The molecule has 0 radical (unpaired) electrons. The average molecular weight is 272 g/mol. The molecule has 0 saturated carbocycles. The van der Waals surface area contributed by atoms with Crippen molar-refractivity contribution in [3.05, 3.63) is 0 Å². The number of nitrogens with one attached hydrogen (secondary N) is 1. The summed E-state index contributed by atoms with van der Waals surface area (Å²) < 4.78 is 4.95. The lowest BCUT2D eigenvalue weighted by atomic mass is 9.89. The lowest BCUT2D eigenvalue weighted by molar-refractivity contribution is -0.144. The number of carboxylic acid groups (broad SMARTS) is 1. The van der Waals surface area contributed by atoms with E-state index in [1.54, 1.807) is 7.11 Å². The van der Waals surface area contributed by atoms with Gasteiger partial charge in [0.25, 0.3) is 0 Å². The first-order valence-corrected chi connectivity index (χ1v) is 6.78. The molecule has 3 atom stereocenters. The third-order valence-electron chi connectivity index (χ3n) is 3.62. The number of nitrogens with zero attached hydrogens (tertiary/aromatic N) is 1. The molecule has 0 aromatic carbocycles. The Morgan fingerprint density at radius 2 is 2.21 bits per heavy atom. The van der Waals surface area contributed by atoms with Gasteiger partial charge in [0, 0.05) is 13.7 Å². The summed E-state index contributed by atoms with van der Waals surface area (Å²) in [6, 6.07) is -1.16. The van der Waals surface area contributed by atoms with Gasteiger partial charge in [0.1, 0.15) is 6.04 Å². The van der Waals surface area contributed by atoms with E-state index in [4.69, 9.17) is 4.74 Å². The Morgan fingerprint density at radius 3 is 2.74 bits per heavy atom. The number of carbonyl (C=O) groups is 2. The van der Waals surface area contributed by atoms with Crippen LogP contribution in [0.4, 0.5) is 4.79 Å². The summed E-state index contributed by atoms with van der Waals surface area (Å²) in [6.45, 7) is 4.80. The van der Waals surface area contributed by atoms with Crippen molar-refractivity contribution >= 4 is 12.0 Å². The zero-order valence-corrected chi connectivity index (χ0v) is 11.9. The molecule has 0 aliphatic carbocycles. The third-order valence-corrected chi connectivity index (χ3v) is 3.62. The van der Waals surface area contributed by atoms with E-state index < -0.39 is 12.0 Å². The number of carbonyl (C=O) groups excluding carboxylic acids is 1. The molecule has 0 spiro atoms. The fourth-order valence-corrected chi connectivity index (χ4v) is 2.47. The van der Waals surface area contributed by atoms with E-state index in [0.29, 0.717) is 25.5 Å². The monoisotopic (exact) mass is 272 g/mol. The maximum absolute atomic E-state index is 12.1. The van der Waals surface area contributed by atoms with E-state index in [2.05, 4.69) is 12.2 Å². The molecule has 0 aromatic heterocycles. The average Bonchev–Trinajstić information content (AvgIpc) is 2.38. The number of rotatable bonds is 5. The molecule has 1 heterocycles. The lowest BCUT2D eigenvalue weighted by Crippen LogP contribution is -2.55. The first-order valence-electron chi connectivity index (χ1n) is 6.78. The van der Waals surface area contributed by atoms with E-state index in [1.165, 1.54) is 4.90 Å². The minimum atomic E-state index is -0.923. The van der Waals surface area contributed by atoms with Crippen LogP contribution in [0.2, 0.25) is 0 Å². The molecule has 0 aromatic rings. The highest BCUT2D eigenvalue weighted by Crippen LogP contribution is 2.25. The number of ether oxygens (including phenoxy) is 1.